The Morgan fingerprint density at radius 1 is 1.32 bits per heavy atom. The fourth-order valence-corrected chi connectivity index (χ4v) is 5.46. The number of hydrogen-bond donors (Lipinski definition) is 0. The van der Waals surface area contributed by atoms with E-state index in [0.717, 1.165) is 6.42 Å². The van der Waals surface area contributed by atoms with Crippen LogP contribution >= 0.6 is 0 Å². The molecule has 0 aromatic rings. The molecule has 0 spiro atoms. The quantitative estimate of drug-likeness (QED) is 0.730. The molecule has 1 heterocycles. The fourth-order valence-electron chi connectivity index (χ4n) is 3.73. The lowest BCUT2D eigenvalue weighted by molar-refractivity contribution is -0.135. The van der Waals surface area contributed by atoms with Crippen LogP contribution in [0.4, 0.5) is 0 Å². The number of carbonyl (C=O) groups excluding carboxylic acids is 1. The molecule has 2 rings (SSSR count). The summed E-state index contributed by atoms with van der Waals surface area (Å²) in [4.78, 5) is 14.9. The van der Waals surface area contributed by atoms with Crippen molar-refractivity contribution in [2.45, 2.75) is 53.5 Å². The van der Waals surface area contributed by atoms with Crippen molar-refractivity contribution in [2.75, 3.05) is 18.1 Å². The lowest BCUT2D eigenvalue weighted by Gasteiger charge is -2.28. The molecule has 5 heteroatoms. The zero-order valence-corrected chi connectivity index (χ0v) is 15.2. The maximum Gasteiger partial charge on any atom is 0.227 e. The molecule has 0 bridgehead atoms. The highest BCUT2D eigenvalue weighted by atomic mass is 32.2. The van der Waals surface area contributed by atoms with Gasteiger partial charge in [0.15, 0.2) is 9.84 Å². The molecule has 22 heavy (non-hydrogen) atoms. The van der Waals surface area contributed by atoms with E-state index >= 15 is 0 Å². The minimum absolute atomic E-state index is 0.00254. The minimum atomic E-state index is -2.96. The van der Waals surface area contributed by atoms with Gasteiger partial charge in [0.25, 0.3) is 0 Å². The van der Waals surface area contributed by atoms with Gasteiger partial charge < -0.3 is 4.90 Å². The number of hydrogen-bond acceptors (Lipinski definition) is 3. The van der Waals surface area contributed by atoms with E-state index in [1.807, 2.05) is 11.8 Å². The maximum absolute atomic E-state index is 13.0. The van der Waals surface area contributed by atoms with Crippen LogP contribution in [0.15, 0.2) is 11.6 Å². The fraction of sp³-hybridized carbons (Fsp3) is 0.824. The molecule has 4 nitrogen and oxygen atoms in total. The SMILES string of the molecule is CCCN(C(=O)[C@@H]1[C@H](C=C(C)C)C1(C)C)[C@H]1CCS(=O)(=O)C1. The normalized spacial score (nSPS) is 31.6. The molecule has 1 saturated carbocycles. The molecule has 2 aliphatic rings. The van der Waals surface area contributed by atoms with Crippen LogP contribution in [0, 0.1) is 17.3 Å². The molecule has 2 fully saturated rings. The molecular formula is C17H29NO3S. The average molecular weight is 327 g/mol. The van der Waals surface area contributed by atoms with E-state index in [-0.39, 0.29) is 40.7 Å². The summed E-state index contributed by atoms with van der Waals surface area (Å²) in [7, 11) is -2.96. The third-order valence-electron chi connectivity index (χ3n) is 5.09. The van der Waals surface area contributed by atoms with Gasteiger partial charge in [0, 0.05) is 12.6 Å². The highest BCUT2D eigenvalue weighted by molar-refractivity contribution is 7.91. The number of sulfone groups is 1. The van der Waals surface area contributed by atoms with Crippen LogP contribution in [-0.4, -0.2) is 43.3 Å². The second kappa shape index (κ2) is 5.99. The van der Waals surface area contributed by atoms with E-state index in [2.05, 4.69) is 33.8 Å². The Morgan fingerprint density at radius 2 is 1.95 bits per heavy atom. The van der Waals surface area contributed by atoms with Gasteiger partial charge >= 0.3 is 0 Å². The molecule has 0 radical (unpaired) electrons. The van der Waals surface area contributed by atoms with Gasteiger partial charge in [0.2, 0.25) is 5.91 Å². The monoisotopic (exact) mass is 327 g/mol. The largest absolute Gasteiger partial charge is 0.338 e. The molecule has 0 aromatic heterocycles. The van der Waals surface area contributed by atoms with E-state index in [1.54, 1.807) is 0 Å². The molecule has 1 aliphatic carbocycles. The van der Waals surface area contributed by atoms with Gasteiger partial charge in [-0.1, -0.05) is 32.4 Å². The topological polar surface area (TPSA) is 54.5 Å². The van der Waals surface area contributed by atoms with Crippen LogP contribution in [0.5, 0.6) is 0 Å². The molecule has 1 amide bonds. The first-order valence-electron chi connectivity index (χ1n) is 8.26. The Balaban J connectivity index is 2.16. The maximum atomic E-state index is 13.0. The van der Waals surface area contributed by atoms with Crippen molar-refractivity contribution in [3.63, 3.8) is 0 Å². The van der Waals surface area contributed by atoms with Crippen LogP contribution < -0.4 is 0 Å². The summed E-state index contributed by atoms with van der Waals surface area (Å²) in [6, 6.07) is -0.124. The van der Waals surface area contributed by atoms with Crippen molar-refractivity contribution in [1.29, 1.82) is 0 Å². The van der Waals surface area contributed by atoms with E-state index < -0.39 is 9.84 Å². The van der Waals surface area contributed by atoms with Gasteiger partial charge in [0.1, 0.15) is 0 Å². The number of amides is 1. The van der Waals surface area contributed by atoms with Gasteiger partial charge in [-0.15, -0.1) is 0 Å². The summed E-state index contributed by atoms with van der Waals surface area (Å²) in [5, 5.41) is 0. The summed E-state index contributed by atoms with van der Waals surface area (Å²) in [5.41, 5.74) is 1.22. The minimum Gasteiger partial charge on any atom is -0.338 e. The van der Waals surface area contributed by atoms with E-state index in [9.17, 15) is 13.2 Å². The number of nitrogens with zero attached hydrogens (tertiary/aromatic N) is 1. The Hall–Kier alpha value is -0.840. The highest BCUT2D eigenvalue weighted by Crippen LogP contribution is 2.60. The third kappa shape index (κ3) is 3.39. The smallest absolute Gasteiger partial charge is 0.227 e. The first-order valence-corrected chi connectivity index (χ1v) is 10.1. The van der Waals surface area contributed by atoms with Crippen LogP contribution in [0.25, 0.3) is 0 Å². The second-order valence-electron chi connectivity index (χ2n) is 7.66. The van der Waals surface area contributed by atoms with Crippen molar-refractivity contribution >= 4 is 15.7 Å². The summed E-state index contributed by atoms with van der Waals surface area (Å²) < 4.78 is 23.5. The van der Waals surface area contributed by atoms with Crippen LogP contribution in [0.2, 0.25) is 0 Å². The first-order chi connectivity index (χ1) is 10.1. The molecule has 126 valence electrons. The summed E-state index contributed by atoms with van der Waals surface area (Å²) in [5.74, 6) is 0.784. The van der Waals surface area contributed by atoms with Gasteiger partial charge in [-0.3, -0.25) is 4.79 Å². The van der Waals surface area contributed by atoms with Gasteiger partial charge in [-0.05, 0) is 38.0 Å². The molecule has 0 aromatic carbocycles. The van der Waals surface area contributed by atoms with Crippen molar-refractivity contribution in [3.05, 3.63) is 11.6 Å². The lowest BCUT2D eigenvalue weighted by atomic mass is 10.1. The number of rotatable bonds is 5. The Kier molecular flexibility index (Phi) is 4.77. The molecule has 3 atom stereocenters. The zero-order chi connectivity index (χ0) is 16.7. The molecule has 1 aliphatic heterocycles. The number of carbonyl (C=O) groups is 1. The third-order valence-corrected chi connectivity index (χ3v) is 6.84. The summed E-state index contributed by atoms with van der Waals surface area (Å²) in [6.45, 7) is 11.1. The van der Waals surface area contributed by atoms with Gasteiger partial charge in [0.05, 0.1) is 17.4 Å². The predicted octanol–water partition coefficient (Wildman–Crippen LogP) is 2.65. The Morgan fingerprint density at radius 3 is 2.41 bits per heavy atom. The molecule has 1 saturated heterocycles. The molecule has 0 N–H and O–H groups in total. The van der Waals surface area contributed by atoms with Crippen molar-refractivity contribution in [3.8, 4) is 0 Å². The van der Waals surface area contributed by atoms with E-state index in [0.29, 0.717) is 13.0 Å². The van der Waals surface area contributed by atoms with E-state index in [1.165, 1.54) is 5.57 Å². The Labute approximate surface area is 134 Å². The average Bonchev–Trinajstić information content (AvgIpc) is 2.73. The van der Waals surface area contributed by atoms with Gasteiger partial charge in [-0.25, -0.2) is 8.42 Å². The molecular weight excluding hydrogens is 298 g/mol. The predicted molar refractivity (Wildman–Crippen MR) is 89.3 cm³/mol. The highest BCUT2D eigenvalue weighted by Gasteiger charge is 2.61. The van der Waals surface area contributed by atoms with E-state index in [4.69, 9.17) is 0 Å². The van der Waals surface area contributed by atoms with Crippen molar-refractivity contribution in [2.24, 2.45) is 17.3 Å². The van der Waals surface area contributed by atoms with Crippen molar-refractivity contribution in [1.82, 2.24) is 4.90 Å². The summed E-state index contributed by atoms with van der Waals surface area (Å²) >= 11 is 0. The van der Waals surface area contributed by atoms with Crippen LogP contribution in [-0.2, 0) is 14.6 Å². The number of allylic oxidation sites excluding steroid dienone is 2. The molecule has 0 unspecified atom stereocenters. The summed E-state index contributed by atoms with van der Waals surface area (Å²) in [6.07, 6.45) is 3.65. The van der Waals surface area contributed by atoms with Gasteiger partial charge in [-0.2, -0.15) is 0 Å². The van der Waals surface area contributed by atoms with Crippen molar-refractivity contribution < 1.29 is 13.2 Å². The standard InChI is InChI=1S/C17H29NO3S/c1-6-8-18(13-7-9-22(20,21)11-13)16(19)15-14(10-12(2)3)17(15,4)5/h10,13-15H,6-9,11H2,1-5H3/t13-,14-,15-/m0/s1. The lowest BCUT2D eigenvalue weighted by Crippen LogP contribution is -2.43. The Bertz CT molecular complexity index is 573. The van der Waals surface area contributed by atoms with Crippen LogP contribution in [0.1, 0.15) is 47.5 Å². The zero-order valence-electron chi connectivity index (χ0n) is 14.4. The van der Waals surface area contributed by atoms with Crippen LogP contribution in [0.3, 0.4) is 0 Å². The second-order valence-corrected chi connectivity index (χ2v) is 9.89. The first kappa shape index (κ1) is 17.5.